The summed E-state index contributed by atoms with van der Waals surface area (Å²) in [7, 11) is 0. The Balaban J connectivity index is 1.89. The molecule has 1 saturated carbocycles. The van der Waals surface area contributed by atoms with E-state index in [0.717, 1.165) is 30.8 Å². The minimum Gasteiger partial charge on any atom is -0.353 e. The largest absolute Gasteiger partial charge is 0.353 e. The van der Waals surface area contributed by atoms with E-state index in [1.807, 2.05) is 0 Å². The lowest BCUT2D eigenvalue weighted by Gasteiger charge is -2.39. The Morgan fingerprint density at radius 2 is 1.94 bits per heavy atom. The maximum Gasteiger partial charge on any atom is 0.157 e. The van der Waals surface area contributed by atoms with Crippen molar-refractivity contribution in [1.82, 2.24) is 0 Å². The van der Waals surface area contributed by atoms with Crippen molar-refractivity contribution < 1.29 is 9.47 Å². The summed E-state index contributed by atoms with van der Waals surface area (Å²) >= 11 is 0. The maximum atomic E-state index is 6.25. The normalized spacial score (nSPS) is 39.5. The van der Waals surface area contributed by atoms with Crippen LogP contribution in [0.1, 0.15) is 59.3 Å². The lowest BCUT2D eigenvalue weighted by atomic mass is 9.75. The lowest BCUT2D eigenvalue weighted by Crippen LogP contribution is -2.38. The van der Waals surface area contributed by atoms with Crippen molar-refractivity contribution in [3.05, 3.63) is 0 Å². The Morgan fingerprint density at radius 3 is 2.59 bits per heavy atom. The molecule has 4 atom stereocenters. The van der Waals surface area contributed by atoms with Crippen LogP contribution in [0.25, 0.3) is 0 Å². The molecule has 2 aliphatic rings. The quantitative estimate of drug-likeness (QED) is 0.742. The van der Waals surface area contributed by atoms with E-state index < -0.39 is 0 Å². The molecular formula is C15H28O2. The highest BCUT2D eigenvalue weighted by atomic mass is 16.7. The summed E-state index contributed by atoms with van der Waals surface area (Å²) in [5, 5.41) is 0. The van der Waals surface area contributed by atoms with E-state index in [9.17, 15) is 0 Å². The first-order valence-electron chi connectivity index (χ1n) is 7.44. The van der Waals surface area contributed by atoms with Crippen LogP contribution in [0.3, 0.4) is 0 Å². The van der Waals surface area contributed by atoms with Gasteiger partial charge in [0.15, 0.2) is 6.29 Å². The first-order valence-corrected chi connectivity index (χ1v) is 7.44. The second-order valence-electron chi connectivity index (χ2n) is 6.30. The van der Waals surface area contributed by atoms with Crippen LogP contribution in [0.5, 0.6) is 0 Å². The summed E-state index contributed by atoms with van der Waals surface area (Å²) in [5.74, 6) is 2.28. The van der Waals surface area contributed by atoms with Crippen LogP contribution in [0.4, 0.5) is 0 Å². The average Bonchev–Trinajstić information content (AvgIpc) is 2.30. The molecule has 1 unspecified atom stereocenters. The van der Waals surface area contributed by atoms with Crippen LogP contribution in [0, 0.1) is 17.8 Å². The van der Waals surface area contributed by atoms with Crippen molar-refractivity contribution in [2.75, 3.05) is 6.61 Å². The zero-order valence-corrected chi connectivity index (χ0v) is 11.7. The van der Waals surface area contributed by atoms with Gasteiger partial charge in [0.05, 0.1) is 6.10 Å². The molecule has 17 heavy (non-hydrogen) atoms. The van der Waals surface area contributed by atoms with Gasteiger partial charge in [0, 0.05) is 6.61 Å². The molecule has 2 heteroatoms. The Bertz CT molecular complexity index is 221. The third-order valence-corrected chi connectivity index (χ3v) is 4.43. The summed E-state index contributed by atoms with van der Waals surface area (Å²) in [6, 6.07) is 0. The average molecular weight is 240 g/mol. The van der Waals surface area contributed by atoms with Crippen molar-refractivity contribution in [3.63, 3.8) is 0 Å². The minimum atomic E-state index is 0.0836. The molecule has 100 valence electrons. The standard InChI is InChI=1S/C15H28O2/c1-11(2)13-8-7-12(3)10-14(13)17-15-6-4-5-9-16-15/h11-15H,4-10H2,1-3H3/t12-,13+,14+,15?/m1/s1. The van der Waals surface area contributed by atoms with Crippen molar-refractivity contribution in [3.8, 4) is 0 Å². The van der Waals surface area contributed by atoms with E-state index in [2.05, 4.69) is 20.8 Å². The van der Waals surface area contributed by atoms with Gasteiger partial charge in [-0.15, -0.1) is 0 Å². The fourth-order valence-electron chi connectivity index (χ4n) is 3.28. The predicted molar refractivity (Wildman–Crippen MR) is 69.8 cm³/mol. The second kappa shape index (κ2) is 6.19. The Labute approximate surface area is 106 Å². The molecular weight excluding hydrogens is 212 g/mol. The summed E-state index contributed by atoms with van der Waals surface area (Å²) < 4.78 is 12.0. The van der Waals surface area contributed by atoms with Gasteiger partial charge < -0.3 is 9.47 Å². The van der Waals surface area contributed by atoms with Crippen LogP contribution < -0.4 is 0 Å². The second-order valence-corrected chi connectivity index (χ2v) is 6.30. The number of hydrogen-bond acceptors (Lipinski definition) is 2. The highest BCUT2D eigenvalue weighted by Crippen LogP contribution is 2.36. The van der Waals surface area contributed by atoms with Gasteiger partial charge in [-0.3, -0.25) is 0 Å². The van der Waals surface area contributed by atoms with Crippen molar-refractivity contribution in [2.45, 2.75) is 71.7 Å². The zero-order valence-electron chi connectivity index (χ0n) is 11.7. The zero-order chi connectivity index (χ0) is 12.3. The van der Waals surface area contributed by atoms with E-state index in [1.165, 1.54) is 32.1 Å². The van der Waals surface area contributed by atoms with Gasteiger partial charge in [0.1, 0.15) is 0 Å². The molecule has 0 bridgehead atoms. The minimum absolute atomic E-state index is 0.0836. The Morgan fingerprint density at radius 1 is 1.12 bits per heavy atom. The van der Waals surface area contributed by atoms with Crippen LogP contribution in [0.15, 0.2) is 0 Å². The van der Waals surface area contributed by atoms with Gasteiger partial charge >= 0.3 is 0 Å². The van der Waals surface area contributed by atoms with E-state index in [1.54, 1.807) is 0 Å². The van der Waals surface area contributed by atoms with Gasteiger partial charge in [-0.2, -0.15) is 0 Å². The van der Waals surface area contributed by atoms with Crippen molar-refractivity contribution >= 4 is 0 Å². The van der Waals surface area contributed by atoms with Crippen LogP contribution in [-0.2, 0) is 9.47 Å². The van der Waals surface area contributed by atoms with Gasteiger partial charge in [-0.05, 0) is 49.9 Å². The number of hydrogen-bond donors (Lipinski definition) is 0. The molecule has 0 amide bonds. The van der Waals surface area contributed by atoms with E-state index in [4.69, 9.17) is 9.47 Å². The summed E-state index contributed by atoms with van der Waals surface area (Å²) in [6.07, 6.45) is 8.00. The molecule has 2 nitrogen and oxygen atoms in total. The third kappa shape index (κ3) is 3.69. The fourth-order valence-corrected chi connectivity index (χ4v) is 3.28. The molecule has 0 spiro atoms. The highest BCUT2D eigenvalue weighted by molar-refractivity contribution is 4.81. The maximum absolute atomic E-state index is 6.25. The van der Waals surface area contributed by atoms with Crippen molar-refractivity contribution in [2.24, 2.45) is 17.8 Å². The summed E-state index contributed by atoms with van der Waals surface area (Å²) in [5.41, 5.74) is 0. The topological polar surface area (TPSA) is 18.5 Å². The van der Waals surface area contributed by atoms with Gasteiger partial charge in [0.25, 0.3) is 0 Å². The molecule has 0 N–H and O–H groups in total. The monoisotopic (exact) mass is 240 g/mol. The van der Waals surface area contributed by atoms with E-state index in [-0.39, 0.29) is 6.29 Å². The molecule has 1 heterocycles. The molecule has 1 aliphatic heterocycles. The summed E-state index contributed by atoms with van der Waals surface area (Å²) in [6.45, 7) is 7.91. The van der Waals surface area contributed by atoms with Gasteiger partial charge in [0.2, 0.25) is 0 Å². The molecule has 0 aromatic rings. The molecule has 0 aromatic carbocycles. The molecule has 2 rings (SSSR count). The predicted octanol–water partition coefficient (Wildman–Crippen LogP) is 3.99. The van der Waals surface area contributed by atoms with Crippen LogP contribution in [0.2, 0.25) is 0 Å². The molecule has 1 aliphatic carbocycles. The lowest BCUT2D eigenvalue weighted by molar-refractivity contribution is -0.210. The SMILES string of the molecule is CC(C)[C@@H]1CC[C@@H](C)C[C@@H]1OC1CCCCO1. The van der Waals surface area contributed by atoms with Crippen LogP contribution in [-0.4, -0.2) is 19.0 Å². The first kappa shape index (κ1) is 13.4. The van der Waals surface area contributed by atoms with Gasteiger partial charge in [-0.25, -0.2) is 0 Å². The first-order chi connectivity index (χ1) is 8.16. The smallest absolute Gasteiger partial charge is 0.157 e. The Hall–Kier alpha value is -0.0800. The number of rotatable bonds is 3. The molecule has 1 saturated heterocycles. The van der Waals surface area contributed by atoms with Crippen LogP contribution >= 0.6 is 0 Å². The Kier molecular flexibility index (Phi) is 4.87. The third-order valence-electron chi connectivity index (χ3n) is 4.43. The molecule has 0 aromatic heterocycles. The highest BCUT2D eigenvalue weighted by Gasteiger charge is 2.33. The summed E-state index contributed by atoms with van der Waals surface area (Å²) in [4.78, 5) is 0. The van der Waals surface area contributed by atoms with E-state index in [0.29, 0.717) is 6.10 Å². The molecule has 2 fully saturated rings. The number of ether oxygens (including phenoxy) is 2. The van der Waals surface area contributed by atoms with Crippen molar-refractivity contribution in [1.29, 1.82) is 0 Å². The van der Waals surface area contributed by atoms with Gasteiger partial charge in [-0.1, -0.05) is 27.2 Å². The fraction of sp³-hybridized carbons (Fsp3) is 1.00. The molecule has 0 radical (unpaired) electrons. The van der Waals surface area contributed by atoms with E-state index >= 15 is 0 Å².